The second-order valence-electron chi connectivity index (χ2n) is 9.82. The van der Waals surface area contributed by atoms with Crippen LogP contribution in [0.3, 0.4) is 0 Å². The number of anilines is 2. The molecule has 0 spiro atoms. The Morgan fingerprint density at radius 3 is 2.71 bits per heavy atom. The number of Topliss-reactive ketones (excluding diaryl/α,β-unsaturated/α-hetero) is 1. The van der Waals surface area contributed by atoms with Crippen LogP contribution in [-0.2, 0) is 9.59 Å². The first-order valence-electron chi connectivity index (χ1n) is 13.3. The number of benzene rings is 2. The van der Waals surface area contributed by atoms with Crippen LogP contribution in [-0.4, -0.2) is 34.2 Å². The lowest BCUT2D eigenvalue weighted by atomic mass is 9.76. The van der Waals surface area contributed by atoms with Crippen LogP contribution in [0.25, 0.3) is 0 Å². The standard InChI is InChI=1S/C30H30N6O3S2/c1-4-39-20-11-9-19(10-12-20)26-21(15-31)28(32)36(23-6-5-7-24(37)27(23)26)29-34-35-30(41-29)40-16-25(38)33-22-13-8-17(2)14-18(22)3/h8-14,26H,4-7,16,32H2,1-3H3,(H,33,38). The quantitative estimate of drug-likeness (QED) is 0.324. The molecule has 2 aliphatic rings. The average molecular weight is 587 g/mol. The Hall–Kier alpha value is -4.14. The third-order valence-electron chi connectivity index (χ3n) is 7.01. The van der Waals surface area contributed by atoms with Crippen molar-refractivity contribution in [2.45, 2.75) is 50.3 Å². The van der Waals surface area contributed by atoms with E-state index < -0.39 is 5.92 Å². The maximum absolute atomic E-state index is 13.3. The van der Waals surface area contributed by atoms with Gasteiger partial charge in [0.2, 0.25) is 11.0 Å². The molecule has 1 atom stereocenters. The van der Waals surface area contributed by atoms with E-state index >= 15 is 0 Å². The highest BCUT2D eigenvalue weighted by molar-refractivity contribution is 8.01. The van der Waals surface area contributed by atoms with E-state index in [1.165, 1.54) is 23.1 Å². The van der Waals surface area contributed by atoms with E-state index in [9.17, 15) is 14.9 Å². The monoisotopic (exact) mass is 586 g/mol. The van der Waals surface area contributed by atoms with Gasteiger partial charge in [-0.2, -0.15) is 5.26 Å². The molecule has 210 valence electrons. The molecule has 9 nitrogen and oxygen atoms in total. The van der Waals surface area contributed by atoms with Gasteiger partial charge in [-0.3, -0.25) is 14.5 Å². The van der Waals surface area contributed by atoms with Gasteiger partial charge in [-0.05, 0) is 62.9 Å². The number of amides is 1. The number of rotatable bonds is 8. The number of carbonyl (C=O) groups excluding carboxylic acids is 2. The van der Waals surface area contributed by atoms with Crippen molar-refractivity contribution in [2.75, 3.05) is 22.6 Å². The van der Waals surface area contributed by atoms with Gasteiger partial charge in [0, 0.05) is 23.4 Å². The molecule has 11 heteroatoms. The molecule has 1 aliphatic heterocycles. The average Bonchev–Trinajstić information content (AvgIpc) is 3.42. The van der Waals surface area contributed by atoms with Gasteiger partial charge in [-0.25, -0.2) is 0 Å². The first kappa shape index (κ1) is 28.4. The molecule has 0 saturated heterocycles. The Kier molecular flexibility index (Phi) is 8.42. The third-order valence-corrected chi connectivity index (χ3v) is 9.05. The zero-order valence-corrected chi connectivity index (χ0v) is 24.7. The van der Waals surface area contributed by atoms with Crippen molar-refractivity contribution in [2.24, 2.45) is 5.73 Å². The highest BCUT2D eigenvalue weighted by Crippen LogP contribution is 2.47. The summed E-state index contributed by atoms with van der Waals surface area (Å²) in [5.74, 6) is 0.394. The Bertz CT molecular complexity index is 1600. The van der Waals surface area contributed by atoms with Crippen LogP contribution in [0.5, 0.6) is 5.75 Å². The molecule has 0 radical (unpaired) electrons. The predicted molar refractivity (Wildman–Crippen MR) is 161 cm³/mol. The maximum atomic E-state index is 13.3. The number of aryl methyl sites for hydroxylation is 2. The summed E-state index contributed by atoms with van der Waals surface area (Å²) in [5.41, 5.74) is 12.0. The molecule has 1 aliphatic carbocycles. The zero-order chi connectivity index (χ0) is 29.1. The zero-order valence-electron chi connectivity index (χ0n) is 23.1. The van der Waals surface area contributed by atoms with Gasteiger partial charge < -0.3 is 15.8 Å². The number of nitrogens with one attached hydrogen (secondary N) is 1. The number of hydrogen-bond acceptors (Lipinski definition) is 10. The highest BCUT2D eigenvalue weighted by atomic mass is 32.2. The Labute approximate surface area is 247 Å². The molecule has 41 heavy (non-hydrogen) atoms. The SMILES string of the molecule is CCOc1ccc(C2C(C#N)=C(N)N(c3nnc(SCC(=O)Nc4ccc(C)cc4C)s3)C3=C2C(=O)CCC3)cc1. The van der Waals surface area contributed by atoms with Gasteiger partial charge in [0.15, 0.2) is 10.1 Å². The second kappa shape index (κ2) is 12.2. The van der Waals surface area contributed by atoms with E-state index in [0.717, 1.165) is 33.8 Å². The van der Waals surface area contributed by atoms with Crippen molar-refractivity contribution in [1.29, 1.82) is 5.26 Å². The topological polar surface area (TPSA) is 134 Å². The maximum Gasteiger partial charge on any atom is 0.234 e. The number of aromatic nitrogens is 2. The number of ketones is 1. The molecule has 5 rings (SSSR count). The molecular weight excluding hydrogens is 557 g/mol. The molecule has 0 saturated carbocycles. The van der Waals surface area contributed by atoms with E-state index in [0.29, 0.717) is 46.5 Å². The van der Waals surface area contributed by atoms with Crippen molar-refractivity contribution >= 4 is 45.6 Å². The Morgan fingerprint density at radius 1 is 1.22 bits per heavy atom. The van der Waals surface area contributed by atoms with Crippen LogP contribution in [0, 0.1) is 25.2 Å². The molecule has 0 bridgehead atoms. The van der Waals surface area contributed by atoms with Crippen LogP contribution in [0.4, 0.5) is 10.8 Å². The summed E-state index contributed by atoms with van der Waals surface area (Å²) >= 11 is 2.54. The molecule has 3 aromatic rings. The minimum absolute atomic E-state index is 0.00225. The molecular formula is C30H30N6O3S2. The first-order valence-corrected chi connectivity index (χ1v) is 15.1. The number of nitrogens with zero attached hydrogens (tertiary/aromatic N) is 4. The number of hydrogen-bond donors (Lipinski definition) is 2. The van der Waals surface area contributed by atoms with Gasteiger partial charge in [0.1, 0.15) is 11.6 Å². The fraction of sp³-hybridized carbons (Fsp3) is 0.300. The van der Waals surface area contributed by atoms with Gasteiger partial charge in [-0.15, -0.1) is 10.2 Å². The Morgan fingerprint density at radius 2 is 2.00 bits per heavy atom. The summed E-state index contributed by atoms with van der Waals surface area (Å²) in [4.78, 5) is 27.7. The lowest BCUT2D eigenvalue weighted by molar-refractivity contribution is -0.116. The second-order valence-corrected chi connectivity index (χ2v) is 12.0. The van der Waals surface area contributed by atoms with Gasteiger partial charge >= 0.3 is 0 Å². The summed E-state index contributed by atoms with van der Waals surface area (Å²) < 4.78 is 6.15. The van der Waals surface area contributed by atoms with Crippen LogP contribution in [0.15, 0.2) is 69.5 Å². The number of carbonyl (C=O) groups is 2. The largest absolute Gasteiger partial charge is 0.494 e. The fourth-order valence-corrected chi connectivity index (χ4v) is 6.86. The van der Waals surface area contributed by atoms with Crippen molar-refractivity contribution < 1.29 is 14.3 Å². The third kappa shape index (κ3) is 5.85. The normalized spacial score (nSPS) is 16.9. The van der Waals surface area contributed by atoms with E-state index in [1.54, 1.807) is 4.90 Å². The number of nitrogens with two attached hydrogens (primary N) is 1. The smallest absolute Gasteiger partial charge is 0.234 e. The number of allylic oxidation sites excluding steroid dienone is 3. The fourth-order valence-electron chi connectivity index (χ4n) is 5.18. The lowest BCUT2D eigenvalue weighted by Crippen LogP contribution is -2.38. The molecule has 2 heterocycles. The molecule has 0 fully saturated rings. The minimum Gasteiger partial charge on any atom is -0.494 e. The first-order chi connectivity index (χ1) is 19.8. The molecule has 1 amide bonds. The highest BCUT2D eigenvalue weighted by Gasteiger charge is 2.41. The van der Waals surface area contributed by atoms with Crippen LogP contribution < -0.4 is 20.7 Å². The summed E-state index contributed by atoms with van der Waals surface area (Å²) in [5, 5.41) is 22.2. The molecule has 1 unspecified atom stereocenters. The Balaban J connectivity index is 1.40. The number of thioether (sulfide) groups is 1. The van der Waals surface area contributed by atoms with Crippen molar-refractivity contribution in [1.82, 2.24) is 10.2 Å². The number of nitriles is 1. The minimum atomic E-state index is -0.564. The molecule has 3 N–H and O–H groups in total. The van der Waals surface area contributed by atoms with E-state index in [1.807, 2.05) is 63.2 Å². The summed E-state index contributed by atoms with van der Waals surface area (Å²) in [6, 6.07) is 15.6. The van der Waals surface area contributed by atoms with E-state index in [2.05, 4.69) is 21.6 Å². The van der Waals surface area contributed by atoms with Crippen molar-refractivity contribution in [3.05, 3.63) is 81.8 Å². The van der Waals surface area contributed by atoms with E-state index in [-0.39, 0.29) is 23.3 Å². The van der Waals surface area contributed by atoms with Crippen molar-refractivity contribution in [3.63, 3.8) is 0 Å². The lowest BCUT2D eigenvalue weighted by Gasteiger charge is -2.38. The summed E-state index contributed by atoms with van der Waals surface area (Å²) in [6.45, 7) is 6.42. The van der Waals surface area contributed by atoms with Gasteiger partial charge in [0.25, 0.3) is 0 Å². The van der Waals surface area contributed by atoms with Gasteiger partial charge in [0.05, 0.1) is 29.9 Å². The molecule has 2 aromatic carbocycles. The van der Waals surface area contributed by atoms with Crippen molar-refractivity contribution in [3.8, 4) is 11.8 Å². The van der Waals surface area contributed by atoms with Crippen LogP contribution in [0.1, 0.15) is 48.8 Å². The van der Waals surface area contributed by atoms with Crippen LogP contribution in [0.2, 0.25) is 0 Å². The van der Waals surface area contributed by atoms with Crippen LogP contribution >= 0.6 is 23.1 Å². The predicted octanol–water partition coefficient (Wildman–Crippen LogP) is 5.59. The molecule has 1 aromatic heterocycles. The number of ether oxygens (including phenoxy) is 1. The van der Waals surface area contributed by atoms with Gasteiger partial charge in [-0.1, -0.05) is 52.9 Å². The summed E-state index contributed by atoms with van der Waals surface area (Å²) in [7, 11) is 0. The van der Waals surface area contributed by atoms with E-state index in [4.69, 9.17) is 10.5 Å². The summed E-state index contributed by atoms with van der Waals surface area (Å²) in [6.07, 6.45) is 1.71.